The van der Waals surface area contributed by atoms with Crippen molar-refractivity contribution in [3.8, 4) is 0 Å². The summed E-state index contributed by atoms with van der Waals surface area (Å²) in [7, 11) is 0. The van der Waals surface area contributed by atoms with Crippen molar-refractivity contribution in [1.82, 2.24) is 10.6 Å². The van der Waals surface area contributed by atoms with E-state index in [-0.39, 0.29) is 30.7 Å². The number of amides is 2. The molecule has 3 aromatic carbocycles. The van der Waals surface area contributed by atoms with Gasteiger partial charge in [0.25, 0.3) is 5.91 Å². The van der Waals surface area contributed by atoms with Crippen LogP contribution in [0.3, 0.4) is 0 Å². The molecule has 0 spiro atoms. The fraction of sp³-hybridized carbons (Fsp3) is 0.154. The predicted molar refractivity (Wildman–Crippen MR) is 131 cm³/mol. The summed E-state index contributed by atoms with van der Waals surface area (Å²) in [5.41, 5.74) is 3.44. The molecule has 0 aliphatic rings. The molecule has 0 saturated carbocycles. The second-order valence-corrected chi connectivity index (χ2v) is 7.57. The molecule has 0 heterocycles. The highest BCUT2D eigenvalue weighted by Crippen LogP contribution is 2.15. The van der Waals surface area contributed by atoms with Crippen LogP contribution in [0.4, 0.5) is 10.1 Å². The first-order valence-corrected chi connectivity index (χ1v) is 10.8. The van der Waals surface area contributed by atoms with Crippen LogP contribution in [0.15, 0.2) is 72.8 Å². The number of rotatable bonds is 8. The minimum atomic E-state index is -1.82. The second-order valence-electron chi connectivity index (χ2n) is 7.57. The molecule has 0 aromatic heterocycles. The second kappa shape index (κ2) is 14.0. The Bertz CT molecular complexity index is 1200. The number of benzene rings is 3. The van der Waals surface area contributed by atoms with Crippen LogP contribution >= 0.6 is 0 Å². The fourth-order valence-corrected chi connectivity index (χ4v) is 2.92. The Morgan fingerprint density at radius 1 is 0.806 bits per heavy atom. The van der Waals surface area contributed by atoms with Crippen molar-refractivity contribution in [2.75, 3.05) is 11.9 Å². The molecule has 0 saturated heterocycles. The van der Waals surface area contributed by atoms with Crippen molar-refractivity contribution < 1.29 is 33.8 Å². The summed E-state index contributed by atoms with van der Waals surface area (Å²) in [6, 6.07) is 21.1. The first-order chi connectivity index (χ1) is 17.2. The van der Waals surface area contributed by atoms with Gasteiger partial charge < -0.3 is 26.2 Å². The van der Waals surface area contributed by atoms with Crippen LogP contribution in [0.1, 0.15) is 27.0 Å². The molecule has 2 amide bonds. The number of para-hydroxylation sites is 1. The Balaban J connectivity index is 0.000000678. The van der Waals surface area contributed by atoms with Crippen molar-refractivity contribution >= 4 is 29.4 Å². The lowest BCUT2D eigenvalue weighted by Gasteiger charge is -2.12. The molecule has 9 nitrogen and oxygen atoms in total. The van der Waals surface area contributed by atoms with E-state index in [9.17, 15) is 14.0 Å². The molecule has 36 heavy (non-hydrogen) atoms. The third-order valence-corrected chi connectivity index (χ3v) is 4.76. The maximum absolute atomic E-state index is 13.6. The van der Waals surface area contributed by atoms with Gasteiger partial charge in [-0.2, -0.15) is 0 Å². The first kappa shape index (κ1) is 27.7. The van der Waals surface area contributed by atoms with Crippen molar-refractivity contribution in [1.29, 1.82) is 0 Å². The maximum Gasteiger partial charge on any atom is 0.414 e. The van der Waals surface area contributed by atoms with E-state index in [2.05, 4.69) is 16.0 Å². The molecule has 3 aromatic rings. The monoisotopic (exact) mass is 495 g/mol. The Morgan fingerprint density at radius 2 is 1.42 bits per heavy atom. The van der Waals surface area contributed by atoms with Crippen molar-refractivity contribution in [2.45, 2.75) is 20.0 Å². The molecule has 0 fully saturated rings. The summed E-state index contributed by atoms with van der Waals surface area (Å²) in [4.78, 5) is 43.1. The first-order valence-electron chi connectivity index (χ1n) is 10.8. The largest absolute Gasteiger partial charge is 0.473 e. The number of halogens is 1. The van der Waals surface area contributed by atoms with Gasteiger partial charge in [0.2, 0.25) is 5.91 Å². The van der Waals surface area contributed by atoms with Crippen LogP contribution in [0.2, 0.25) is 0 Å². The summed E-state index contributed by atoms with van der Waals surface area (Å²) >= 11 is 0. The molecule has 188 valence electrons. The van der Waals surface area contributed by atoms with Gasteiger partial charge in [-0.05, 0) is 30.7 Å². The Kier molecular flexibility index (Phi) is 10.7. The van der Waals surface area contributed by atoms with Crippen LogP contribution in [0.25, 0.3) is 0 Å². The standard InChI is InChI=1S/C24H24FN3O2.C2H2O4/c1-17-10-12-18(13-11-17)14-27-24(30)20-7-3-5-9-22(20)28-23(29)16-26-15-19-6-2-4-8-21(19)25;3-1(4)2(5)6/h2-13,26H,14-16H2,1H3,(H,27,30)(H,28,29);(H,3,4)(H,5,6). The Morgan fingerprint density at radius 3 is 2.06 bits per heavy atom. The van der Waals surface area contributed by atoms with E-state index in [0.29, 0.717) is 23.4 Å². The predicted octanol–water partition coefficient (Wildman–Crippen LogP) is 2.95. The van der Waals surface area contributed by atoms with Gasteiger partial charge in [0.05, 0.1) is 17.8 Å². The van der Waals surface area contributed by atoms with E-state index in [1.807, 2.05) is 31.2 Å². The van der Waals surface area contributed by atoms with Crippen LogP contribution < -0.4 is 16.0 Å². The number of aryl methyl sites for hydroxylation is 1. The van der Waals surface area contributed by atoms with Crippen molar-refractivity contribution in [3.63, 3.8) is 0 Å². The quantitative estimate of drug-likeness (QED) is 0.302. The number of carbonyl (C=O) groups is 4. The molecule has 0 radical (unpaired) electrons. The van der Waals surface area contributed by atoms with Gasteiger partial charge in [0.1, 0.15) is 5.82 Å². The van der Waals surface area contributed by atoms with Crippen LogP contribution in [0.5, 0.6) is 0 Å². The topological polar surface area (TPSA) is 145 Å². The lowest BCUT2D eigenvalue weighted by Crippen LogP contribution is -2.29. The lowest BCUT2D eigenvalue weighted by atomic mass is 10.1. The highest BCUT2D eigenvalue weighted by Gasteiger charge is 2.13. The van der Waals surface area contributed by atoms with Crippen LogP contribution in [0, 0.1) is 12.7 Å². The SMILES string of the molecule is Cc1ccc(CNC(=O)c2ccccc2NC(=O)CNCc2ccccc2F)cc1.O=C(O)C(=O)O. The zero-order chi connectivity index (χ0) is 26.5. The summed E-state index contributed by atoms with van der Waals surface area (Å²) in [5, 5.41) is 23.3. The zero-order valence-electron chi connectivity index (χ0n) is 19.5. The molecule has 0 aliphatic carbocycles. The number of nitrogens with one attached hydrogen (secondary N) is 3. The minimum absolute atomic E-state index is 0.00630. The molecule has 0 atom stereocenters. The number of carbonyl (C=O) groups excluding carboxylic acids is 2. The molecular weight excluding hydrogens is 469 g/mol. The zero-order valence-corrected chi connectivity index (χ0v) is 19.5. The Hall–Kier alpha value is -4.57. The number of aliphatic carboxylic acids is 2. The summed E-state index contributed by atoms with van der Waals surface area (Å²) in [5.74, 6) is -4.55. The fourth-order valence-electron chi connectivity index (χ4n) is 2.92. The summed E-state index contributed by atoms with van der Waals surface area (Å²) in [6.45, 7) is 2.63. The van der Waals surface area contributed by atoms with Gasteiger partial charge in [0.15, 0.2) is 0 Å². The van der Waals surface area contributed by atoms with Crippen LogP contribution in [-0.4, -0.2) is 40.5 Å². The van der Waals surface area contributed by atoms with Gasteiger partial charge in [-0.25, -0.2) is 14.0 Å². The highest BCUT2D eigenvalue weighted by molar-refractivity contribution is 6.27. The molecule has 0 aliphatic heterocycles. The summed E-state index contributed by atoms with van der Waals surface area (Å²) < 4.78 is 13.6. The van der Waals surface area contributed by atoms with E-state index in [1.54, 1.807) is 42.5 Å². The molecule has 0 unspecified atom stereocenters. The van der Waals surface area contributed by atoms with E-state index in [4.69, 9.17) is 19.8 Å². The molecule has 3 rings (SSSR count). The number of anilines is 1. The van der Waals surface area contributed by atoms with E-state index >= 15 is 0 Å². The Labute approximate surface area is 207 Å². The third kappa shape index (κ3) is 9.35. The maximum atomic E-state index is 13.6. The number of hydrogen-bond donors (Lipinski definition) is 5. The molecule has 5 N–H and O–H groups in total. The third-order valence-electron chi connectivity index (χ3n) is 4.76. The average Bonchev–Trinajstić information content (AvgIpc) is 2.85. The molecule has 10 heteroatoms. The number of carboxylic acid groups (broad SMARTS) is 2. The van der Waals surface area contributed by atoms with Gasteiger partial charge in [-0.3, -0.25) is 9.59 Å². The van der Waals surface area contributed by atoms with E-state index < -0.39 is 11.9 Å². The van der Waals surface area contributed by atoms with Crippen molar-refractivity contribution in [3.05, 3.63) is 101 Å². The normalized spacial score (nSPS) is 9.94. The van der Waals surface area contributed by atoms with Crippen molar-refractivity contribution in [2.24, 2.45) is 0 Å². The van der Waals surface area contributed by atoms with Crippen LogP contribution in [-0.2, 0) is 27.5 Å². The summed E-state index contributed by atoms with van der Waals surface area (Å²) in [6.07, 6.45) is 0. The van der Waals surface area contributed by atoms with Gasteiger partial charge in [-0.1, -0.05) is 60.2 Å². The van der Waals surface area contributed by atoms with Gasteiger partial charge in [-0.15, -0.1) is 0 Å². The smallest absolute Gasteiger partial charge is 0.414 e. The highest BCUT2D eigenvalue weighted by atomic mass is 19.1. The average molecular weight is 496 g/mol. The molecular formula is C26H26FN3O6. The van der Waals surface area contributed by atoms with E-state index in [1.165, 1.54) is 6.07 Å². The number of carboxylic acids is 2. The van der Waals surface area contributed by atoms with E-state index in [0.717, 1.165) is 11.1 Å². The van der Waals surface area contributed by atoms with Gasteiger partial charge >= 0.3 is 11.9 Å². The minimum Gasteiger partial charge on any atom is -0.473 e. The van der Waals surface area contributed by atoms with Gasteiger partial charge in [0, 0.05) is 18.7 Å². The lowest BCUT2D eigenvalue weighted by molar-refractivity contribution is -0.159. The number of hydrogen-bond acceptors (Lipinski definition) is 5. The molecule has 0 bridgehead atoms.